The van der Waals surface area contributed by atoms with Crippen LogP contribution in [0.5, 0.6) is 0 Å². The topological polar surface area (TPSA) is 78.9 Å². The summed E-state index contributed by atoms with van der Waals surface area (Å²) < 4.78 is 14.4. The Kier molecular flexibility index (Phi) is 5.30. The maximum atomic E-state index is 12.4. The van der Waals surface area contributed by atoms with Crippen molar-refractivity contribution in [1.29, 1.82) is 0 Å². The van der Waals surface area contributed by atoms with Crippen LogP contribution in [-0.4, -0.2) is 44.5 Å². The molecule has 1 aliphatic carbocycles. The Balaban J connectivity index is 2.40. The summed E-state index contributed by atoms with van der Waals surface area (Å²) in [7, 11) is 3.59. The van der Waals surface area contributed by atoms with Crippen LogP contribution in [0.3, 0.4) is 0 Å². The molecule has 6 nitrogen and oxygen atoms in total. The highest BCUT2D eigenvalue weighted by atomic mass is 32.2. The molecule has 124 valence electrons. The van der Waals surface area contributed by atoms with Crippen LogP contribution in [0.1, 0.15) is 6.42 Å². The van der Waals surface area contributed by atoms with E-state index in [2.05, 4.69) is 0 Å². The molecule has 1 aliphatic rings. The minimum absolute atomic E-state index is 0.330. The molecular weight excluding hydrogens is 320 g/mol. The van der Waals surface area contributed by atoms with Gasteiger partial charge in [-0.15, -0.1) is 11.8 Å². The Labute approximate surface area is 138 Å². The molecule has 2 rings (SSSR count). The van der Waals surface area contributed by atoms with Crippen molar-refractivity contribution < 1.29 is 28.6 Å². The van der Waals surface area contributed by atoms with E-state index in [9.17, 15) is 14.4 Å². The number of esters is 3. The van der Waals surface area contributed by atoms with Gasteiger partial charge in [0.1, 0.15) is 0 Å². The summed E-state index contributed by atoms with van der Waals surface area (Å²) >= 11 is 1.35. The van der Waals surface area contributed by atoms with Gasteiger partial charge in [0, 0.05) is 10.1 Å². The first kappa shape index (κ1) is 17.3. The second-order valence-electron chi connectivity index (χ2n) is 5.08. The molecule has 23 heavy (non-hydrogen) atoms. The third-order valence-corrected chi connectivity index (χ3v) is 5.45. The third kappa shape index (κ3) is 2.81. The molecule has 1 fully saturated rings. The predicted octanol–water partition coefficient (Wildman–Crippen LogP) is 1.67. The maximum Gasteiger partial charge on any atom is 0.325 e. The largest absolute Gasteiger partial charge is 0.469 e. The minimum atomic E-state index is -1.68. The van der Waals surface area contributed by atoms with Crippen molar-refractivity contribution in [1.82, 2.24) is 0 Å². The molecule has 1 aromatic rings. The Morgan fingerprint density at radius 2 is 1.57 bits per heavy atom. The lowest BCUT2D eigenvalue weighted by Crippen LogP contribution is -2.64. The van der Waals surface area contributed by atoms with Gasteiger partial charge in [0.25, 0.3) is 0 Å². The van der Waals surface area contributed by atoms with E-state index in [1.165, 1.54) is 33.1 Å². The average molecular weight is 338 g/mol. The van der Waals surface area contributed by atoms with Crippen LogP contribution in [0.25, 0.3) is 0 Å². The lowest BCUT2D eigenvalue weighted by Gasteiger charge is -2.48. The van der Waals surface area contributed by atoms with Crippen molar-refractivity contribution >= 4 is 29.7 Å². The molecule has 0 saturated heterocycles. The first-order chi connectivity index (χ1) is 11.0. The van der Waals surface area contributed by atoms with E-state index in [-0.39, 0.29) is 0 Å². The SMILES string of the molecule is COC(=O)[C@H]1C[C@@H](Sc2ccccc2)C1(C(=O)OC)C(=O)OC. The van der Waals surface area contributed by atoms with E-state index in [1.54, 1.807) is 0 Å². The molecule has 0 heterocycles. The maximum absolute atomic E-state index is 12.4. The van der Waals surface area contributed by atoms with Crippen LogP contribution in [0, 0.1) is 11.3 Å². The molecule has 0 bridgehead atoms. The first-order valence-electron chi connectivity index (χ1n) is 6.98. The van der Waals surface area contributed by atoms with Crippen molar-refractivity contribution in [2.24, 2.45) is 11.3 Å². The highest BCUT2D eigenvalue weighted by Crippen LogP contribution is 2.56. The van der Waals surface area contributed by atoms with E-state index < -0.39 is 34.5 Å². The summed E-state index contributed by atoms with van der Waals surface area (Å²) in [4.78, 5) is 37.7. The molecule has 2 atom stereocenters. The second kappa shape index (κ2) is 7.04. The highest BCUT2D eigenvalue weighted by molar-refractivity contribution is 8.00. The smallest absolute Gasteiger partial charge is 0.325 e. The van der Waals surface area contributed by atoms with Crippen molar-refractivity contribution in [3.05, 3.63) is 30.3 Å². The Hall–Kier alpha value is -2.02. The molecule has 0 N–H and O–H groups in total. The monoisotopic (exact) mass is 338 g/mol. The zero-order valence-corrected chi connectivity index (χ0v) is 13.9. The zero-order chi connectivity index (χ0) is 17.0. The highest BCUT2D eigenvalue weighted by Gasteiger charge is 2.70. The van der Waals surface area contributed by atoms with Crippen molar-refractivity contribution in [2.75, 3.05) is 21.3 Å². The summed E-state index contributed by atoms with van der Waals surface area (Å²) in [6.07, 6.45) is 0.330. The third-order valence-electron chi connectivity index (χ3n) is 4.06. The van der Waals surface area contributed by atoms with Crippen molar-refractivity contribution in [2.45, 2.75) is 16.6 Å². The first-order valence-corrected chi connectivity index (χ1v) is 7.86. The van der Waals surface area contributed by atoms with Gasteiger partial charge in [0.05, 0.1) is 27.2 Å². The average Bonchev–Trinajstić information content (AvgIpc) is 2.58. The van der Waals surface area contributed by atoms with Crippen LogP contribution in [-0.2, 0) is 28.6 Å². The van der Waals surface area contributed by atoms with Crippen LogP contribution >= 0.6 is 11.8 Å². The van der Waals surface area contributed by atoms with E-state index >= 15 is 0 Å². The molecule has 0 spiro atoms. The Morgan fingerprint density at radius 3 is 2.04 bits per heavy atom. The van der Waals surface area contributed by atoms with Gasteiger partial charge in [0.15, 0.2) is 5.41 Å². The fraction of sp³-hybridized carbons (Fsp3) is 0.438. The molecule has 1 saturated carbocycles. The van der Waals surface area contributed by atoms with Gasteiger partial charge < -0.3 is 14.2 Å². The quantitative estimate of drug-likeness (QED) is 0.459. The summed E-state index contributed by atoms with van der Waals surface area (Å²) in [6, 6.07) is 9.33. The molecule has 0 aliphatic heterocycles. The number of thioether (sulfide) groups is 1. The van der Waals surface area contributed by atoms with Gasteiger partial charge in [0.2, 0.25) is 0 Å². The Morgan fingerprint density at radius 1 is 1.00 bits per heavy atom. The summed E-state index contributed by atoms with van der Waals surface area (Å²) in [5.41, 5.74) is -1.68. The number of methoxy groups -OCH3 is 3. The summed E-state index contributed by atoms with van der Waals surface area (Å²) in [5.74, 6) is -3.09. The van der Waals surface area contributed by atoms with Gasteiger partial charge in [-0.25, -0.2) is 0 Å². The molecular formula is C16H18O6S. The zero-order valence-electron chi connectivity index (χ0n) is 13.1. The molecule has 1 aromatic carbocycles. The molecule has 0 aromatic heterocycles. The van der Waals surface area contributed by atoms with E-state index in [0.717, 1.165) is 4.90 Å². The fourth-order valence-corrected chi connectivity index (χ4v) is 4.32. The fourth-order valence-electron chi connectivity index (χ4n) is 2.85. The number of hydrogen-bond acceptors (Lipinski definition) is 7. The molecule has 7 heteroatoms. The van der Waals surface area contributed by atoms with Crippen LogP contribution in [0.15, 0.2) is 35.2 Å². The van der Waals surface area contributed by atoms with Crippen molar-refractivity contribution in [3.63, 3.8) is 0 Å². The van der Waals surface area contributed by atoms with Crippen LogP contribution in [0.4, 0.5) is 0 Å². The standard InChI is InChI=1S/C16H18O6S/c1-20-13(17)11-9-12(23-10-7-5-4-6-8-10)16(11,14(18)21-2)15(19)22-3/h4-8,11-12H,9H2,1-3H3/t11-,12-/m1/s1. The van der Waals surface area contributed by atoms with E-state index in [1.807, 2.05) is 30.3 Å². The Bertz CT molecular complexity index is 584. The second-order valence-corrected chi connectivity index (χ2v) is 6.36. The molecule has 0 amide bonds. The molecule has 0 radical (unpaired) electrons. The number of hydrogen-bond donors (Lipinski definition) is 0. The van der Waals surface area contributed by atoms with Gasteiger partial charge in [-0.2, -0.15) is 0 Å². The van der Waals surface area contributed by atoms with Gasteiger partial charge in [-0.05, 0) is 18.6 Å². The van der Waals surface area contributed by atoms with E-state index in [4.69, 9.17) is 14.2 Å². The lowest BCUT2D eigenvalue weighted by atomic mass is 9.59. The van der Waals surface area contributed by atoms with Gasteiger partial charge in [-0.3, -0.25) is 14.4 Å². The normalized spacial score (nSPS) is 21.7. The summed E-state index contributed by atoms with van der Waals surface area (Å²) in [6.45, 7) is 0. The van der Waals surface area contributed by atoms with Crippen LogP contribution in [0.2, 0.25) is 0 Å². The number of carbonyl (C=O) groups excluding carboxylic acids is 3. The number of carbonyl (C=O) groups is 3. The van der Waals surface area contributed by atoms with Crippen molar-refractivity contribution in [3.8, 4) is 0 Å². The molecule has 0 unspecified atom stereocenters. The number of rotatable bonds is 5. The summed E-state index contributed by atoms with van der Waals surface area (Å²) in [5, 5.41) is -0.464. The van der Waals surface area contributed by atoms with E-state index in [0.29, 0.717) is 6.42 Å². The minimum Gasteiger partial charge on any atom is -0.469 e. The lowest BCUT2D eigenvalue weighted by molar-refractivity contribution is -0.190. The number of benzene rings is 1. The number of ether oxygens (including phenoxy) is 3. The van der Waals surface area contributed by atoms with Gasteiger partial charge in [-0.1, -0.05) is 18.2 Å². The van der Waals surface area contributed by atoms with Gasteiger partial charge >= 0.3 is 17.9 Å². The van der Waals surface area contributed by atoms with Crippen LogP contribution < -0.4 is 0 Å². The predicted molar refractivity (Wildman–Crippen MR) is 82.7 cm³/mol.